The lowest BCUT2D eigenvalue weighted by molar-refractivity contribution is 0.129. The molecule has 0 bridgehead atoms. The molecule has 1 aromatic carbocycles. The highest BCUT2D eigenvalue weighted by molar-refractivity contribution is 6.30. The van der Waals surface area contributed by atoms with Gasteiger partial charge in [-0.15, -0.1) is 0 Å². The molecule has 114 valence electrons. The molecular formula is C15H21ClN4O. The summed E-state index contributed by atoms with van der Waals surface area (Å²) in [6, 6.07) is 7.52. The molecule has 0 saturated carbocycles. The zero-order valence-corrected chi connectivity index (χ0v) is 13.0. The molecule has 0 fully saturated rings. The van der Waals surface area contributed by atoms with E-state index in [1.165, 1.54) is 6.33 Å². The van der Waals surface area contributed by atoms with Gasteiger partial charge >= 0.3 is 0 Å². The Hall–Kier alpha value is -1.43. The van der Waals surface area contributed by atoms with Crippen molar-refractivity contribution in [3.8, 4) is 0 Å². The molecule has 0 aliphatic carbocycles. The quantitative estimate of drug-likeness (QED) is 0.824. The predicted molar refractivity (Wildman–Crippen MR) is 83.1 cm³/mol. The number of hydrogen-bond acceptors (Lipinski definition) is 4. The lowest BCUT2D eigenvalue weighted by atomic mass is 10.0. The first-order chi connectivity index (χ1) is 10.1. The number of halogens is 1. The third kappa shape index (κ3) is 4.81. The standard InChI is InChI=1S/C15H21ClN4O/c1-11(7-8-20-10-17-9-18-20)19-12(2)15(21)13-3-5-14(16)6-4-13/h3-6,9-12,15,19,21H,7-8H2,1-2H3. The SMILES string of the molecule is CC(CCn1cncn1)NC(C)C(O)c1ccc(Cl)cc1. The smallest absolute Gasteiger partial charge is 0.137 e. The fourth-order valence-corrected chi connectivity index (χ4v) is 2.37. The zero-order valence-electron chi connectivity index (χ0n) is 12.3. The van der Waals surface area contributed by atoms with Crippen molar-refractivity contribution in [2.75, 3.05) is 0 Å². The summed E-state index contributed by atoms with van der Waals surface area (Å²) in [6.45, 7) is 4.88. The number of aromatic nitrogens is 3. The minimum Gasteiger partial charge on any atom is -0.387 e. The Bertz CT molecular complexity index is 529. The minimum absolute atomic E-state index is 0.0445. The first kappa shape index (κ1) is 15.9. The van der Waals surface area contributed by atoms with Gasteiger partial charge in [0.15, 0.2) is 0 Å². The van der Waals surface area contributed by atoms with Crippen LogP contribution in [0.15, 0.2) is 36.9 Å². The molecule has 2 aromatic rings. The predicted octanol–water partition coefficient (Wildman–Crippen LogP) is 2.42. The van der Waals surface area contributed by atoms with E-state index in [-0.39, 0.29) is 12.1 Å². The molecule has 0 amide bonds. The monoisotopic (exact) mass is 308 g/mol. The first-order valence-corrected chi connectivity index (χ1v) is 7.46. The molecule has 2 rings (SSSR count). The Labute approximate surface area is 130 Å². The van der Waals surface area contributed by atoms with Crippen molar-refractivity contribution < 1.29 is 5.11 Å². The second kappa shape index (κ2) is 7.54. The van der Waals surface area contributed by atoms with E-state index in [2.05, 4.69) is 22.3 Å². The molecule has 5 nitrogen and oxygen atoms in total. The third-order valence-electron chi connectivity index (χ3n) is 3.49. The van der Waals surface area contributed by atoms with E-state index < -0.39 is 6.10 Å². The number of hydrogen-bond donors (Lipinski definition) is 2. The van der Waals surface area contributed by atoms with E-state index in [4.69, 9.17) is 11.6 Å². The Morgan fingerprint density at radius 1 is 1.29 bits per heavy atom. The number of nitrogens with zero attached hydrogens (tertiary/aromatic N) is 3. The highest BCUT2D eigenvalue weighted by Gasteiger charge is 2.18. The molecule has 0 aliphatic heterocycles. The van der Waals surface area contributed by atoms with Crippen molar-refractivity contribution in [2.45, 2.75) is 45.0 Å². The van der Waals surface area contributed by atoms with Crippen LogP contribution in [-0.2, 0) is 6.54 Å². The zero-order chi connectivity index (χ0) is 15.2. The largest absolute Gasteiger partial charge is 0.387 e. The highest BCUT2D eigenvalue weighted by Crippen LogP contribution is 2.19. The van der Waals surface area contributed by atoms with Crippen molar-refractivity contribution >= 4 is 11.6 Å². The average Bonchev–Trinajstić information content (AvgIpc) is 2.98. The van der Waals surface area contributed by atoms with Crippen LogP contribution in [0.1, 0.15) is 31.9 Å². The van der Waals surface area contributed by atoms with Crippen molar-refractivity contribution in [1.82, 2.24) is 20.1 Å². The Morgan fingerprint density at radius 3 is 2.62 bits per heavy atom. The topological polar surface area (TPSA) is 63.0 Å². The summed E-state index contributed by atoms with van der Waals surface area (Å²) in [6.07, 6.45) is 3.60. The van der Waals surface area contributed by atoms with Crippen LogP contribution in [0.5, 0.6) is 0 Å². The summed E-state index contributed by atoms with van der Waals surface area (Å²) in [7, 11) is 0. The maximum Gasteiger partial charge on any atom is 0.137 e. The normalized spacial score (nSPS) is 15.6. The number of aliphatic hydroxyl groups is 1. The minimum atomic E-state index is -0.559. The number of benzene rings is 1. The summed E-state index contributed by atoms with van der Waals surface area (Å²) in [5.41, 5.74) is 0.864. The van der Waals surface area contributed by atoms with E-state index in [1.54, 1.807) is 23.1 Å². The number of nitrogens with one attached hydrogen (secondary N) is 1. The lowest BCUT2D eigenvalue weighted by Crippen LogP contribution is -2.39. The molecule has 1 aromatic heterocycles. The van der Waals surface area contributed by atoms with Gasteiger partial charge in [-0.1, -0.05) is 23.7 Å². The molecular weight excluding hydrogens is 288 g/mol. The summed E-state index contributed by atoms with van der Waals surface area (Å²) in [5, 5.41) is 18.5. The highest BCUT2D eigenvalue weighted by atomic mass is 35.5. The van der Waals surface area contributed by atoms with E-state index in [9.17, 15) is 5.11 Å². The maximum atomic E-state index is 10.3. The van der Waals surface area contributed by atoms with Crippen LogP contribution in [0.25, 0.3) is 0 Å². The molecule has 0 spiro atoms. The fourth-order valence-electron chi connectivity index (χ4n) is 2.25. The van der Waals surface area contributed by atoms with Crippen LogP contribution in [0.3, 0.4) is 0 Å². The molecule has 0 radical (unpaired) electrons. The van der Waals surface area contributed by atoms with Crippen molar-refractivity contribution in [2.24, 2.45) is 0 Å². The van der Waals surface area contributed by atoms with E-state index in [1.807, 2.05) is 19.1 Å². The van der Waals surface area contributed by atoms with Gasteiger partial charge in [0.25, 0.3) is 0 Å². The van der Waals surface area contributed by atoms with Gasteiger partial charge in [-0.25, -0.2) is 4.98 Å². The molecule has 2 N–H and O–H groups in total. The molecule has 3 atom stereocenters. The van der Waals surface area contributed by atoms with Crippen LogP contribution >= 0.6 is 11.6 Å². The summed E-state index contributed by atoms with van der Waals surface area (Å²) >= 11 is 5.86. The molecule has 0 saturated heterocycles. The van der Waals surface area contributed by atoms with Gasteiger partial charge in [-0.3, -0.25) is 4.68 Å². The van der Waals surface area contributed by atoms with Gasteiger partial charge in [0, 0.05) is 23.7 Å². The van der Waals surface area contributed by atoms with Crippen molar-refractivity contribution in [3.63, 3.8) is 0 Å². The Kier molecular flexibility index (Phi) is 5.73. The van der Waals surface area contributed by atoms with Crippen molar-refractivity contribution in [1.29, 1.82) is 0 Å². The van der Waals surface area contributed by atoms with E-state index in [0.29, 0.717) is 5.02 Å². The molecule has 21 heavy (non-hydrogen) atoms. The average molecular weight is 309 g/mol. The van der Waals surface area contributed by atoms with Gasteiger partial charge in [-0.05, 0) is 38.0 Å². The third-order valence-corrected chi connectivity index (χ3v) is 3.74. The van der Waals surface area contributed by atoms with E-state index >= 15 is 0 Å². The number of aryl methyl sites for hydroxylation is 1. The summed E-state index contributed by atoms with van der Waals surface area (Å²) < 4.78 is 1.80. The summed E-state index contributed by atoms with van der Waals surface area (Å²) in [5.74, 6) is 0. The maximum absolute atomic E-state index is 10.3. The van der Waals surface area contributed by atoms with Crippen LogP contribution in [0, 0.1) is 0 Å². The van der Waals surface area contributed by atoms with E-state index in [0.717, 1.165) is 18.5 Å². The molecule has 0 aliphatic rings. The van der Waals surface area contributed by atoms with Gasteiger partial charge in [-0.2, -0.15) is 5.10 Å². The van der Waals surface area contributed by atoms with Gasteiger partial charge in [0.05, 0.1) is 6.10 Å². The van der Waals surface area contributed by atoms with Gasteiger partial charge in [0.1, 0.15) is 12.7 Å². The summed E-state index contributed by atoms with van der Waals surface area (Å²) in [4.78, 5) is 3.92. The Balaban J connectivity index is 1.82. The van der Waals surface area contributed by atoms with Crippen molar-refractivity contribution in [3.05, 3.63) is 47.5 Å². The first-order valence-electron chi connectivity index (χ1n) is 7.08. The number of rotatable bonds is 7. The number of aliphatic hydroxyl groups excluding tert-OH is 1. The van der Waals surface area contributed by atoms with Crippen LogP contribution in [-0.4, -0.2) is 32.0 Å². The van der Waals surface area contributed by atoms with Crippen LogP contribution in [0.4, 0.5) is 0 Å². The molecule has 3 unspecified atom stereocenters. The lowest BCUT2D eigenvalue weighted by Gasteiger charge is -2.24. The molecule has 6 heteroatoms. The fraction of sp³-hybridized carbons (Fsp3) is 0.467. The van der Waals surface area contributed by atoms with Crippen LogP contribution < -0.4 is 5.32 Å². The second-order valence-electron chi connectivity index (χ2n) is 5.30. The Morgan fingerprint density at radius 2 is 2.00 bits per heavy atom. The molecule has 1 heterocycles. The van der Waals surface area contributed by atoms with Gasteiger partial charge < -0.3 is 10.4 Å². The second-order valence-corrected chi connectivity index (χ2v) is 5.74. The van der Waals surface area contributed by atoms with Crippen LogP contribution in [0.2, 0.25) is 5.02 Å². The van der Waals surface area contributed by atoms with Gasteiger partial charge in [0.2, 0.25) is 0 Å².